The number of carbonyl (C=O) groups is 4. The van der Waals surface area contributed by atoms with E-state index >= 15 is 0 Å². The van der Waals surface area contributed by atoms with Gasteiger partial charge in [-0.05, 0) is 5.56 Å². The zero-order valence-corrected chi connectivity index (χ0v) is 20.3. The highest BCUT2D eigenvalue weighted by atomic mass is 19.4. The summed E-state index contributed by atoms with van der Waals surface area (Å²) in [5.41, 5.74) is -0.525. The molecule has 1 aromatic heterocycles. The van der Waals surface area contributed by atoms with Crippen LogP contribution >= 0.6 is 0 Å². The van der Waals surface area contributed by atoms with E-state index in [1.807, 2.05) is 0 Å². The maximum absolute atomic E-state index is 13.3. The summed E-state index contributed by atoms with van der Waals surface area (Å²) in [6, 6.07) is 13.9. The normalized spacial score (nSPS) is 11.9. The van der Waals surface area contributed by atoms with Crippen molar-refractivity contribution in [1.29, 1.82) is 0 Å². The van der Waals surface area contributed by atoms with Crippen molar-refractivity contribution in [3.8, 4) is 11.4 Å². The first kappa shape index (κ1) is 28.8. The molecule has 3 rings (SSSR count). The monoisotopic (exact) mass is 544 g/mol. The van der Waals surface area contributed by atoms with Crippen LogP contribution in [0.5, 0.6) is 0 Å². The van der Waals surface area contributed by atoms with Crippen LogP contribution in [0.1, 0.15) is 18.4 Å². The number of carbonyl (C=O) groups excluding carboxylic acids is 3. The average molecular weight is 544 g/mol. The molecule has 204 valence electrons. The number of nitrogens with one attached hydrogen (secondary N) is 2. The Morgan fingerprint density at radius 1 is 0.923 bits per heavy atom. The number of Topliss-reactive ketones (excluding diaryl/α,β-unsaturated/α-hetero) is 1. The minimum atomic E-state index is -5.22. The molecule has 1 heterocycles. The van der Waals surface area contributed by atoms with E-state index in [1.54, 1.807) is 48.5 Å². The first-order chi connectivity index (χ1) is 18.5. The quantitative estimate of drug-likeness (QED) is 0.336. The molecule has 0 aliphatic rings. The minimum absolute atomic E-state index is 0.0268. The van der Waals surface area contributed by atoms with Crippen LogP contribution in [0.2, 0.25) is 0 Å². The number of hydrogen-bond donors (Lipinski definition) is 3. The third-order valence-electron chi connectivity index (χ3n) is 5.43. The fourth-order valence-electron chi connectivity index (χ4n) is 3.62. The van der Waals surface area contributed by atoms with Crippen molar-refractivity contribution in [2.75, 3.05) is 5.32 Å². The molecule has 0 aliphatic carbocycles. The van der Waals surface area contributed by atoms with E-state index in [1.165, 1.54) is 12.1 Å². The molecule has 10 nitrogen and oxygen atoms in total. The van der Waals surface area contributed by atoms with Gasteiger partial charge in [0.25, 0.3) is 11.3 Å². The molecule has 1 atom stereocenters. The van der Waals surface area contributed by atoms with Gasteiger partial charge in [-0.25, -0.2) is 4.98 Å². The number of ketones is 1. The minimum Gasteiger partial charge on any atom is -0.481 e. The van der Waals surface area contributed by atoms with Crippen molar-refractivity contribution < 1.29 is 37.5 Å². The summed E-state index contributed by atoms with van der Waals surface area (Å²) in [7, 11) is 0. The van der Waals surface area contributed by atoms with Crippen LogP contribution in [-0.4, -0.2) is 50.4 Å². The lowest BCUT2D eigenvalue weighted by molar-refractivity contribution is -0.173. The van der Waals surface area contributed by atoms with Crippen molar-refractivity contribution in [3.05, 3.63) is 82.8 Å². The molecule has 1 unspecified atom stereocenters. The maximum atomic E-state index is 13.3. The second-order valence-electron chi connectivity index (χ2n) is 8.37. The summed E-state index contributed by atoms with van der Waals surface area (Å²) in [6.07, 6.45) is -5.56. The number of aliphatic carboxylic acids is 1. The van der Waals surface area contributed by atoms with E-state index in [4.69, 9.17) is 5.11 Å². The lowest BCUT2D eigenvalue weighted by Gasteiger charge is -2.20. The Morgan fingerprint density at radius 3 is 2.13 bits per heavy atom. The summed E-state index contributed by atoms with van der Waals surface area (Å²) >= 11 is 0. The van der Waals surface area contributed by atoms with Gasteiger partial charge in [0.2, 0.25) is 11.8 Å². The highest BCUT2D eigenvalue weighted by molar-refractivity contribution is 5.93. The molecular formula is C26H23F3N4O6. The molecule has 39 heavy (non-hydrogen) atoms. The van der Waals surface area contributed by atoms with Crippen LogP contribution in [0, 0.1) is 0 Å². The van der Waals surface area contributed by atoms with Crippen molar-refractivity contribution in [3.63, 3.8) is 0 Å². The highest BCUT2D eigenvalue weighted by Crippen LogP contribution is 2.20. The van der Waals surface area contributed by atoms with Gasteiger partial charge in [-0.3, -0.25) is 28.5 Å². The van der Waals surface area contributed by atoms with Gasteiger partial charge in [0.15, 0.2) is 0 Å². The summed E-state index contributed by atoms with van der Waals surface area (Å²) in [4.78, 5) is 65.1. The van der Waals surface area contributed by atoms with Gasteiger partial charge < -0.3 is 15.7 Å². The Morgan fingerprint density at radius 2 is 1.54 bits per heavy atom. The van der Waals surface area contributed by atoms with Gasteiger partial charge in [-0.2, -0.15) is 13.2 Å². The van der Waals surface area contributed by atoms with Gasteiger partial charge in [-0.15, -0.1) is 0 Å². The topological polar surface area (TPSA) is 147 Å². The molecule has 0 saturated carbocycles. The summed E-state index contributed by atoms with van der Waals surface area (Å²) in [5.74, 6) is -5.29. The Labute approximate surface area is 219 Å². The molecule has 3 N–H and O–H groups in total. The fourth-order valence-corrected chi connectivity index (χ4v) is 3.62. The first-order valence-corrected chi connectivity index (χ1v) is 11.6. The Hall–Kier alpha value is -4.81. The predicted octanol–water partition coefficient (Wildman–Crippen LogP) is 2.57. The zero-order chi connectivity index (χ0) is 28.6. The highest BCUT2D eigenvalue weighted by Gasteiger charge is 2.44. The van der Waals surface area contributed by atoms with E-state index < -0.39 is 67.2 Å². The van der Waals surface area contributed by atoms with Crippen LogP contribution in [0.3, 0.4) is 0 Å². The molecule has 0 radical (unpaired) electrons. The van der Waals surface area contributed by atoms with Gasteiger partial charge in [-0.1, -0.05) is 60.7 Å². The summed E-state index contributed by atoms with van der Waals surface area (Å²) < 4.78 is 40.7. The second-order valence-corrected chi connectivity index (χ2v) is 8.37. The lowest BCUT2D eigenvalue weighted by Crippen LogP contribution is -2.49. The van der Waals surface area contributed by atoms with Crippen LogP contribution < -0.4 is 16.2 Å². The lowest BCUT2D eigenvalue weighted by atomic mass is 10.0. The number of anilines is 1. The van der Waals surface area contributed by atoms with Crippen molar-refractivity contribution in [2.45, 2.75) is 38.0 Å². The van der Waals surface area contributed by atoms with Crippen LogP contribution in [-0.2, 0) is 32.1 Å². The average Bonchev–Trinajstić information content (AvgIpc) is 2.89. The third-order valence-corrected chi connectivity index (χ3v) is 5.43. The number of amides is 2. The van der Waals surface area contributed by atoms with Crippen molar-refractivity contribution in [2.24, 2.45) is 0 Å². The van der Waals surface area contributed by atoms with Crippen LogP contribution in [0.25, 0.3) is 11.4 Å². The largest absolute Gasteiger partial charge is 0.481 e. The third kappa shape index (κ3) is 8.09. The first-order valence-electron chi connectivity index (χ1n) is 11.6. The molecular weight excluding hydrogens is 521 g/mol. The number of carboxylic acids is 1. The van der Waals surface area contributed by atoms with E-state index in [2.05, 4.69) is 15.6 Å². The van der Waals surface area contributed by atoms with Crippen molar-refractivity contribution in [1.82, 2.24) is 14.9 Å². The Balaban J connectivity index is 1.92. The van der Waals surface area contributed by atoms with E-state index in [-0.39, 0.29) is 11.5 Å². The van der Waals surface area contributed by atoms with E-state index in [9.17, 15) is 37.1 Å². The Bertz CT molecular complexity index is 1410. The molecule has 13 heteroatoms. The van der Waals surface area contributed by atoms with Crippen LogP contribution in [0.15, 0.2) is 71.7 Å². The molecule has 0 aliphatic heterocycles. The number of hydrogen-bond acceptors (Lipinski definition) is 6. The molecule has 2 aromatic carbocycles. The smallest absolute Gasteiger partial charge is 0.452 e. The summed E-state index contributed by atoms with van der Waals surface area (Å²) in [6.45, 7) is -0.828. The maximum Gasteiger partial charge on any atom is 0.452 e. The second kappa shape index (κ2) is 12.6. The number of rotatable bonds is 11. The van der Waals surface area contributed by atoms with E-state index in [0.29, 0.717) is 11.1 Å². The van der Waals surface area contributed by atoms with Gasteiger partial charge in [0.1, 0.15) is 24.1 Å². The number of aromatic nitrogens is 2. The molecule has 3 aromatic rings. The SMILES string of the molecule is O=C(O)CCC(=O)Nc1cnc(-c2ccccc2)n(CC(=O)NC(Cc2ccccc2)C(=O)C(F)(F)F)c1=O. The number of halogens is 3. The van der Waals surface area contributed by atoms with E-state index in [0.717, 1.165) is 10.8 Å². The summed E-state index contributed by atoms with van der Waals surface area (Å²) in [5, 5.41) is 13.1. The van der Waals surface area contributed by atoms with Crippen molar-refractivity contribution >= 4 is 29.3 Å². The van der Waals surface area contributed by atoms with Gasteiger partial charge >= 0.3 is 12.1 Å². The number of alkyl halides is 3. The molecule has 0 bridgehead atoms. The number of carboxylic acid groups (broad SMARTS) is 1. The molecule has 0 fully saturated rings. The van der Waals surface area contributed by atoms with Crippen LogP contribution in [0.4, 0.5) is 18.9 Å². The fraction of sp³-hybridized carbons (Fsp3) is 0.231. The molecule has 0 saturated heterocycles. The molecule has 0 spiro atoms. The van der Waals surface area contributed by atoms with Gasteiger partial charge in [0, 0.05) is 18.4 Å². The standard InChI is InChI=1S/C26H23F3N4O6/c27-26(28,29)23(38)18(13-16-7-3-1-4-8-16)31-21(35)15-33-24(17-9-5-2-6-10-17)30-14-19(25(33)39)32-20(34)11-12-22(36)37/h1-10,14,18H,11-13,15H2,(H,31,35)(H,32,34)(H,36,37). The number of benzene rings is 2. The van der Waals surface area contributed by atoms with Gasteiger partial charge in [0.05, 0.1) is 12.6 Å². The Kier molecular flexibility index (Phi) is 9.31. The zero-order valence-electron chi connectivity index (χ0n) is 20.3. The predicted molar refractivity (Wildman–Crippen MR) is 133 cm³/mol. The number of nitrogens with zero attached hydrogens (tertiary/aromatic N) is 2. The molecule has 2 amide bonds.